The van der Waals surface area contributed by atoms with Gasteiger partial charge in [0.05, 0.1) is 10.7 Å². The molecule has 1 saturated heterocycles. The lowest BCUT2D eigenvalue weighted by molar-refractivity contribution is -0.127. The first kappa shape index (κ1) is 12.0. The molecule has 1 aromatic rings. The minimum absolute atomic E-state index is 0.257. The Kier molecular flexibility index (Phi) is 3.97. The molecule has 88 valence electrons. The van der Waals surface area contributed by atoms with Gasteiger partial charge in [-0.3, -0.25) is 4.79 Å². The van der Waals surface area contributed by atoms with Crippen LogP contribution in [-0.4, -0.2) is 33.7 Å². The van der Waals surface area contributed by atoms with Crippen molar-refractivity contribution in [1.82, 2.24) is 9.88 Å². The first-order valence-corrected chi connectivity index (χ1v) is 7.33. The van der Waals surface area contributed by atoms with Gasteiger partial charge in [-0.15, -0.1) is 11.3 Å². The maximum Gasteiger partial charge on any atom is 0.223 e. The monoisotopic (exact) mass is 302 g/mol. The Morgan fingerprint density at radius 1 is 1.69 bits per heavy atom. The summed E-state index contributed by atoms with van der Waals surface area (Å²) in [7, 11) is 0. The summed E-state index contributed by atoms with van der Waals surface area (Å²) >= 11 is 5.19. The van der Waals surface area contributed by atoms with Crippen molar-refractivity contribution in [3.8, 4) is 0 Å². The average Bonchev–Trinajstić information content (AvgIpc) is 2.82. The Hall–Kier alpha value is -0.420. The number of carbonyl (C=O) groups excluding carboxylic acids is 1. The van der Waals surface area contributed by atoms with Crippen LogP contribution < -0.4 is 0 Å². The lowest BCUT2D eigenvalue weighted by Gasteiger charge is -2.14. The zero-order valence-corrected chi connectivity index (χ0v) is 11.7. The molecule has 16 heavy (non-hydrogen) atoms. The molecule has 0 aromatic carbocycles. The van der Waals surface area contributed by atoms with E-state index in [9.17, 15) is 4.79 Å². The Bertz CT molecular complexity index is 380. The van der Waals surface area contributed by atoms with Gasteiger partial charge in [-0.2, -0.15) is 0 Å². The van der Waals surface area contributed by atoms with Crippen molar-refractivity contribution in [3.63, 3.8) is 0 Å². The number of amides is 1. The van der Waals surface area contributed by atoms with Gasteiger partial charge < -0.3 is 4.90 Å². The number of rotatable bonds is 4. The highest BCUT2D eigenvalue weighted by molar-refractivity contribution is 9.09. The number of hydrogen-bond donors (Lipinski definition) is 0. The molecular formula is C11H15BrN2OS. The predicted molar refractivity (Wildman–Crippen MR) is 69.1 cm³/mol. The largest absolute Gasteiger partial charge is 0.341 e. The molecule has 1 fully saturated rings. The van der Waals surface area contributed by atoms with Crippen LogP contribution in [-0.2, 0) is 17.6 Å². The summed E-state index contributed by atoms with van der Waals surface area (Å²) < 4.78 is 0. The second-order valence-corrected chi connectivity index (χ2v) is 6.21. The van der Waals surface area contributed by atoms with E-state index in [-0.39, 0.29) is 5.91 Å². The Balaban J connectivity index is 1.85. The summed E-state index contributed by atoms with van der Waals surface area (Å²) in [6.45, 7) is 3.75. The number of thiazole rings is 1. The summed E-state index contributed by atoms with van der Waals surface area (Å²) in [6.07, 6.45) is 2.51. The second-order valence-electron chi connectivity index (χ2n) is 3.98. The molecule has 0 N–H and O–H groups in total. The van der Waals surface area contributed by atoms with Crippen LogP contribution in [0, 0.1) is 0 Å². The predicted octanol–water partition coefficient (Wildman–Crippen LogP) is 2.24. The fourth-order valence-electron chi connectivity index (χ4n) is 1.82. The molecule has 2 rings (SSSR count). The molecule has 0 aliphatic carbocycles. The molecule has 1 aliphatic rings. The first-order valence-electron chi connectivity index (χ1n) is 5.54. The van der Waals surface area contributed by atoms with Gasteiger partial charge in [0.15, 0.2) is 0 Å². The zero-order chi connectivity index (χ0) is 11.5. The summed E-state index contributed by atoms with van der Waals surface area (Å²) in [5.74, 6) is 0.257. The molecule has 1 aliphatic heterocycles. The van der Waals surface area contributed by atoms with E-state index >= 15 is 0 Å². The Labute approximate surface area is 108 Å². The van der Waals surface area contributed by atoms with E-state index in [1.165, 1.54) is 5.01 Å². The minimum Gasteiger partial charge on any atom is -0.341 e. The first-order chi connectivity index (χ1) is 7.69. The highest BCUT2D eigenvalue weighted by Gasteiger charge is 2.27. The van der Waals surface area contributed by atoms with Gasteiger partial charge in [-0.25, -0.2) is 4.98 Å². The molecule has 1 amide bonds. The van der Waals surface area contributed by atoms with E-state index in [0.717, 1.165) is 31.6 Å². The fourth-order valence-corrected chi connectivity index (χ4v) is 3.22. The molecule has 1 unspecified atom stereocenters. The average molecular weight is 303 g/mol. The minimum atomic E-state index is 0.257. The van der Waals surface area contributed by atoms with E-state index in [1.54, 1.807) is 11.3 Å². The van der Waals surface area contributed by atoms with Gasteiger partial charge in [0.1, 0.15) is 0 Å². The maximum atomic E-state index is 11.5. The standard InChI is InChI=1S/C11H15BrN2OS/c1-2-10-13-9(7-16-10)3-4-14-6-8(12)5-11(14)15/h7-8H,2-6H2,1H3. The van der Waals surface area contributed by atoms with Crippen molar-refractivity contribution in [2.45, 2.75) is 31.0 Å². The van der Waals surface area contributed by atoms with Gasteiger partial charge in [0.25, 0.3) is 0 Å². The third-order valence-corrected chi connectivity index (χ3v) is 4.36. The number of nitrogens with zero attached hydrogens (tertiary/aromatic N) is 2. The lowest BCUT2D eigenvalue weighted by atomic mass is 10.3. The Morgan fingerprint density at radius 2 is 2.50 bits per heavy atom. The van der Waals surface area contributed by atoms with Crippen molar-refractivity contribution < 1.29 is 4.79 Å². The van der Waals surface area contributed by atoms with Crippen molar-refractivity contribution in [2.75, 3.05) is 13.1 Å². The molecule has 1 aromatic heterocycles. The smallest absolute Gasteiger partial charge is 0.223 e. The summed E-state index contributed by atoms with van der Waals surface area (Å²) in [5, 5.41) is 3.28. The van der Waals surface area contributed by atoms with Crippen LogP contribution in [0.15, 0.2) is 5.38 Å². The number of alkyl halides is 1. The summed E-state index contributed by atoms with van der Waals surface area (Å²) in [6, 6.07) is 0. The van der Waals surface area contributed by atoms with Gasteiger partial charge in [0.2, 0.25) is 5.91 Å². The fraction of sp³-hybridized carbons (Fsp3) is 0.636. The molecule has 3 nitrogen and oxygen atoms in total. The third-order valence-electron chi connectivity index (χ3n) is 2.71. The summed E-state index contributed by atoms with van der Waals surface area (Å²) in [4.78, 5) is 18.3. The number of likely N-dealkylation sites (tertiary alicyclic amines) is 1. The van der Waals surface area contributed by atoms with E-state index in [0.29, 0.717) is 11.2 Å². The van der Waals surface area contributed by atoms with Crippen LogP contribution in [0.3, 0.4) is 0 Å². The van der Waals surface area contributed by atoms with Crippen LogP contribution in [0.4, 0.5) is 0 Å². The van der Waals surface area contributed by atoms with Crippen LogP contribution in [0.25, 0.3) is 0 Å². The van der Waals surface area contributed by atoms with Gasteiger partial charge >= 0.3 is 0 Å². The third kappa shape index (κ3) is 2.83. The van der Waals surface area contributed by atoms with E-state index in [1.807, 2.05) is 4.90 Å². The van der Waals surface area contributed by atoms with Crippen LogP contribution in [0.1, 0.15) is 24.0 Å². The number of hydrogen-bond acceptors (Lipinski definition) is 3. The van der Waals surface area contributed by atoms with Crippen molar-refractivity contribution in [1.29, 1.82) is 0 Å². The van der Waals surface area contributed by atoms with Crippen molar-refractivity contribution >= 4 is 33.2 Å². The number of aromatic nitrogens is 1. The van der Waals surface area contributed by atoms with Gasteiger partial charge in [-0.05, 0) is 6.42 Å². The molecule has 1 atom stereocenters. The Morgan fingerprint density at radius 3 is 3.06 bits per heavy atom. The highest BCUT2D eigenvalue weighted by Crippen LogP contribution is 2.18. The van der Waals surface area contributed by atoms with Crippen LogP contribution >= 0.6 is 27.3 Å². The summed E-state index contributed by atoms with van der Waals surface area (Å²) in [5.41, 5.74) is 1.12. The highest BCUT2D eigenvalue weighted by atomic mass is 79.9. The van der Waals surface area contributed by atoms with Crippen LogP contribution in [0.2, 0.25) is 0 Å². The molecule has 0 saturated carbocycles. The van der Waals surface area contributed by atoms with E-state index < -0.39 is 0 Å². The maximum absolute atomic E-state index is 11.5. The lowest BCUT2D eigenvalue weighted by Crippen LogP contribution is -2.27. The zero-order valence-electron chi connectivity index (χ0n) is 9.28. The van der Waals surface area contributed by atoms with E-state index in [2.05, 4.69) is 33.2 Å². The molecular weight excluding hydrogens is 288 g/mol. The number of halogens is 1. The molecule has 0 bridgehead atoms. The number of carbonyl (C=O) groups is 1. The normalized spacial score (nSPS) is 20.8. The SMILES string of the molecule is CCc1nc(CCN2CC(Br)CC2=O)cs1. The van der Waals surface area contributed by atoms with Crippen molar-refractivity contribution in [2.24, 2.45) is 0 Å². The molecule has 0 radical (unpaired) electrons. The van der Waals surface area contributed by atoms with Crippen LogP contribution in [0.5, 0.6) is 0 Å². The molecule has 5 heteroatoms. The van der Waals surface area contributed by atoms with Crippen molar-refractivity contribution in [3.05, 3.63) is 16.1 Å². The van der Waals surface area contributed by atoms with Gasteiger partial charge in [0, 0.05) is 36.1 Å². The molecule has 0 spiro atoms. The second kappa shape index (κ2) is 5.27. The molecule has 2 heterocycles. The quantitative estimate of drug-likeness (QED) is 0.799. The van der Waals surface area contributed by atoms with Gasteiger partial charge in [-0.1, -0.05) is 22.9 Å². The van der Waals surface area contributed by atoms with E-state index in [4.69, 9.17) is 0 Å². The number of aryl methyl sites for hydroxylation is 1. The topological polar surface area (TPSA) is 33.2 Å².